The van der Waals surface area contributed by atoms with E-state index < -0.39 is 0 Å². The van der Waals surface area contributed by atoms with Crippen LogP contribution in [0.25, 0.3) is 0 Å². The standard InChI is InChI=1S/C15H28N4/c1-6-10-13-17-14(16-8-3)11-15(18-13)19(9-4)12(5)7-2/h11-12H,6-10H2,1-5H3,(H,16,17,18). The van der Waals surface area contributed by atoms with Crippen LogP contribution in [0.15, 0.2) is 6.07 Å². The van der Waals surface area contributed by atoms with Crippen molar-refractivity contribution in [2.45, 2.75) is 59.9 Å². The van der Waals surface area contributed by atoms with Crippen LogP contribution in [0.1, 0.15) is 53.3 Å². The maximum atomic E-state index is 4.72. The molecule has 1 aromatic heterocycles. The number of nitrogens with one attached hydrogen (secondary N) is 1. The molecular weight excluding hydrogens is 236 g/mol. The Bertz CT molecular complexity index is 354. The van der Waals surface area contributed by atoms with Gasteiger partial charge in [0.1, 0.15) is 17.5 Å². The van der Waals surface area contributed by atoms with Crippen LogP contribution in [0.4, 0.5) is 11.6 Å². The largest absolute Gasteiger partial charge is 0.370 e. The third-order valence-electron chi connectivity index (χ3n) is 3.35. The lowest BCUT2D eigenvalue weighted by atomic mass is 10.2. The van der Waals surface area contributed by atoms with Crippen LogP contribution in [-0.2, 0) is 6.42 Å². The van der Waals surface area contributed by atoms with Crippen molar-refractivity contribution in [3.8, 4) is 0 Å². The first-order chi connectivity index (χ1) is 9.15. The van der Waals surface area contributed by atoms with E-state index in [9.17, 15) is 0 Å². The first kappa shape index (κ1) is 15.7. The van der Waals surface area contributed by atoms with Gasteiger partial charge in [-0.2, -0.15) is 0 Å². The van der Waals surface area contributed by atoms with E-state index >= 15 is 0 Å². The van der Waals surface area contributed by atoms with Crippen LogP contribution < -0.4 is 10.2 Å². The molecule has 0 aliphatic heterocycles. The molecule has 19 heavy (non-hydrogen) atoms. The molecule has 1 rings (SSSR count). The summed E-state index contributed by atoms with van der Waals surface area (Å²) in [5.74, 6) is 2.93. The number of aromatic nitrogens is 2. The Kier molecular flexibility index (Phi) is 6.60. The van der Waals surface area contributed by atoms with E-state index in [4.69, 9.17) is 4.98 Å². The highest BCUT2D eigenvalue weighted by Gasteiger charge is 2.14. The average Bonchev–Trinajstić information content (AvgIpc) is 2.40. The number of hydrogen-bond donors (Lipinski definition) is 1. The maximum Gasteiger partial charge on any atom is 0.134 e. The average molecular weight is 264 g/mol. The molecule has 0 aliphatic rings. The van der Waals surface area contributed by atoms with E-state index in [1.54, 1.807) is 0 Å². The second-order valence-electron chi connectivity index (χ2n) is 4.85. The van der Waals surface area contributed by atoms with E-state index in [-0.39, 0.29) is 0 Å². The minimum absolute atomic E-state index is 0.504. The minimum Gasteiger partial charge on any atom is -0.370 e. The van der Waals surface area contributed by atoms with Gasteiger partial charge in [0.25, 0.3) is 0 Å². The van der Waals surface area contributed by atoms with Crippen LogP contribution in [0, 0.1) is 0 Å². The topological polar surface area (TPSA) is 41.1 Å². The Hall–Kier alpha value is -1.32. The first-order valence-corrected chi connectivity index (χ1v) is 7.54. The van der Waals surface area contributed by atoms with Crippen LogP contribution in [0.3, 0.4) is 0 Å². The minimum atomic E-state index is 0.504. The van der Waals surface area contributed by atoms with Crippen LogP contribution in [0.5, 0.6) is 0 Å². The van der Waals surface area contributed by atoms with Crippen molar-refractivity contribution in [1.29, 1.82) is 0 Å². The highest BCUT2D eigenvalue weighted by atomic mass is 15.2. The molecule has 1 unspecified atom stereocenters. The highest BCUT2D eigenvalue weighted by Crippen LogP contribution is 2.20. The molecule has 4 nitrogen and oxygen atoms in total. The van der Waals surface area contributed by atoms with Gasteiger partial charge in [0.05, 0.1) is 0 Å². The van der Waals surface area contributed by atoms with Gasteiger partial charge in [-0.05, 0) is 33.6 Å². The molecule has 1 atom stereocenters. The van der Waals surface area contributed by atoms with Gasteiger partial charge in [0.2, 0.25) is 0 Å². The zero-order valence-corrected chi connectivity index (χ0v) is 13.0. The van der Waals surface area contributed by atoms with Gasteiger partial charge in [-0.25, -0.2) is 9.97 Å². The second-order valence-corrected chi connectivity index (χ2v) is 4.85. The number of aryl methyl sites for hydroxylation is 1. The number of hydrogen-bond acceptors (Lipinski definition) is 4. The molecule has 1 heterocycles. The van der Waals surface area contributed by atoms with Gasteiger partial charge in [0, 0.05) is 31.6 Å². The fraction of sp³-hybridized carbons (Fsp3) is 0.733. The lowest BCUT2D eigenvalue weighted by Gasteiger charge is -2.29. The van der Waals surface area contributed by atoms with Gasteiger partial charge in [-0.1, -0.05) is 13.8 Å². The van der Waals surface area contributed by atoms with E-state index in [1.807, 2.05) is 0 Å². The van der Waals surface area contributed by atoms with Crippen molar-refractivity contribution >= 4 is 11.6 Å². The summed E-state index contributed by atoms with van der Waals surface area (Å²) in [5.41, 5.74) is 0. The van der Waals surface area contributed by atoms with Gasteiger partial charge < -0.3 is 10.2 Å². The first-order valence-electron chi connectivity index (χ1n) is 7.54. The highest BCUT2D eigenvalue weighted by molar-refractivity contribution is 5.50. The summed E-state index contributed by atoms with van der Waals surface area (Å²) in [6.45, 7) is 12.8. The quantitative estimate of drug-likeness (QED) is 0.780. The molecule has 0 fully saturated rings. The summed E-state index contributed by atoms with van der Waals surface area (Å²) in [7, 11) is 0. The third-order valence-corrected chi connectivity index (χ3v) is 3.35. The van der Waals surface area contributed by atoms with E-state index in [1.165, 1.54) is 0 Å². The van der Waals surface area contributed by atoms with Crippen molar-refractivity contribution in [2.75, 3.05) is 23.3 Å². The van der Waals surface area contributed by atoms with Crippen LogP contribution in [-0.4, -0.2) is 29.1 Å². The summed E-state index contributed by atoms with van der Waals surface area (Å²) in [6, 6.07) is 2.57. The molecule has 0 saturated heterocycles. The van der Waals surface area contributed by atoms with Gasteiger partial charge >= 0.3 is 0 Å². The molecule has 0 bridgehead atoms. The molecule has 1 N–H and O–H groups in total. The third kappa shape index (κ3) is 4.37. The fourth-order valence-corrected chi connectivity index (χ4v) is 2.16. The predicted octanol–water partition coefficient (Wildman–Crippen LogP) is 3.49. The maximum absolute atomic E-state index is 4.72. The number of nitrogens with zero attached hydrogens (tertiary/aromatic N) is 3. The van der Waals surface area contributed by atoms with Gasteiger partial charge in [-0.3, -0.25) is 0 Å². The molecule has 0 spiro atoms. The van der Waals surface area contributed by atoms with Crippen molar-refractivity contribution in [1.82, 2.24) is 9.97 Å². The molecule has 0 saturated carbocycles. The number of anilines is 2. The molecule has 4 heteroatoms. The lowest BCUT2D eigenvalue weighted by molar-refractivity contribution is 0.620. The molecule has 0 aromatic carbocycles. The predicted molar refractivity (Wildman–Crippen MR) is 83.0 cm³/mol. The van der Waals surface area contributed by atoms with Crippen LogP contribution >= 0.6 is 0 Å². The normalized spacial score (nSPS) is 12.3. The smallest absolute Gasteiger partial charge is 0.134 e. The Morgan fingerprint density at radius 3 is 2.47 bits per heavy atom. The van der Waals surface area contributed by atoms with E-state index in [0.717, 1.165) is 49.8 Å². The summed E-state index contributed by atoms with van der Waals surface area (Å²) in [4.78, 5) is 11.6. The Morgan fingerprint density at radius 1 is 1.21 bits per heavy atom. The number of rotatable bonds is 8. The summed E-state index contributed by atoms with van der Waals surface area (Å²) in [6.07, 6.45) is 3.13. The summed E-state index contributed by atoms with van der Waals surface area (Å²) < 4.78 is 0. The van der Waals surface area contributed by atoms with Crippen molar-refractivity contribution in [3.63, 3.8) is 0 Å². The molecule has 108 valence electrons. The fourth-order valence-electron chi connectivity index (χ4n) is 2.16. The molecule has 0 amide bonds. The van der Waals surface area contributed by atoms with Gasteiger partial charge in [-0.15, -0.1) is 0 Å². The molecule has 0 aliphatic carbocycles. The Balaban J connectivity index is 3.08. The summed E-state index contributed by atoms with van der Waals surface area (Å²) >= 11 is 0. The SMILES string of the molecule is CCCc1nc(NCC)cc(N(CC)C(C)CC)n1. The van der Waals surface area contributed by atoms with Crippen molar-refractivity contribution in [2.24, 2.45) is 0 Å². The van der Waals surface area contributed by atoms with Crippen LogP contribution in [0.2, 0.25) is 0 Å². The van der Waals surface area contributed by atoms with Crippen molar-refractivity contribution < 1.29 is 0 Å². The molecule has 1 aromatic rings. The summed E-state index contributed by atoms with van der Waals surface area (Å²) in [5, 5.41) is 3.30. The van der Waals surface area contributed by atoms with E-state index in [2.05, 4.69) is 55.9 Å². The Morgan fingerprint density at radius 2 is 1.95 bits per heavy atom. The lowest BCUT2D eigenvalue weighted by Crippen LogP contribution is -2.33. The molecular formula is C15H28N4. The zero-order chi connectivity index (χ0) is 14.3. The van der Waals surface area contributed by atoms with E-state index in [0.29, 0.717) is 6.04 Å². The zero-order valence-electron chi connectivity index (χ0n) is 13.0. The second kappa shape index (κ2) is 7.97. The Labute approximate surface area is 117 Å². The van der Waals surface area contributed by atoms with Gasteiger partial charge in [0.15, 0.2) is 0 Å². The van der Waals surface area contributed by atoms with Crippen molar-refractivity contribution in [3.05, 3.63) is 11.9 Å². The monoisotopic (exact) mass is 264 g/mol. The molecule has 0 radical (unpaired) electrons.